The molecule has 0 spiro atoms. The van der Waals surface area contributed by atoms with Crippen LogP contribution in [-0.4, -0.2) is 24.6 Å². The number of benzene rings is 3. The van der Waals surface area contributed by atoms with Crippen molar-refractivity contribution in [2.75, 3.05) is 6.54 Å². The lowest BCUT2D eigenvalue weighted by Gasteiger charge is -2.12. The molecule has 0 bridgehead atoms. The largest absolute Gasteiger partial charge is 0.488 e. The van der Waals surface area contributed by atoms with Crippen LogP contribution in [0.1, 0.15) is 18.1 Å². The van der Waals surface area contributed by atoms with Crippen LogP contribution < -0.4 is 15.5 Å². The monoisotopic (exact) mass is 409 g/mol. The molecule has 0 aliphatic rings. The van der Waals surface area contributed by atoms with Gasteiger partial charge in [0.1, 0.15) is 12.4 Å². The summed E-state index contributed by atoms with van der Waals surface area (Å²) in [6, 6.07) is 19.0. The van der Waals surface area contributed by atoms with E-state index in [1.54, 1.807) is 19.1 Å². The Labute approximate surface area is 173 Å². The average Bonchev–Trinajstić information content (AvgIpc) is 2.74. The molecule has 0 heterocycles. The molecule has 0 aromatic heterocycles. The summed E-state index contributed by atoms with van der Waals surface area (Å²) in [5.41, 5.74) is 3.91. The van der Waals surface area contributed by atoms with Crippen LogP contribution in [0.15, 0.2) is 65.8 Å². The minimum Gasteiger partial charge on any atom is -0.488 e. The Morgan fingerprint density at radius 1 is 1.03 bits per heavy atom. The fourth-order valence-corrected chi connectivity index (χ4v) is 2.85. The third kappa shape index (κ3) is 5.33. The molecule has 0 fully saturated rings. The van der Waals surface area contributed by atoms with Crippen LogP contribution in [0.2, 0.25) is 5.02 Å². The van der Waals surface area contributed by atoms with Crippen LogP contribution in [0.25, 0.3) is 10.8 Å². The minimum absolute atomic E-state index is 0.349. The van der Waals surface area contributed by atoms with E-state index in [-0.39, 0.29) is 0 Å². The van der Waals surface area contributed by atoms with E-state index in [1.165, 1.54) is 6.21 Å². The highest BCUT2D eigenvalue weighted by atomic mass is 35.5. The highest BCUT2D eigenvalue weighted by Gasteiger charge is 2.11. The van der Waals surface area contributed by atoms with Gasteiger partial charge >= 0.3 is 11.8 Å². The van der Waals surface area contributed by atoms with Gasteiger partial charge in [0, 0.05) is 17.1 Å². The molecular weight excluding hydrogens is 390 g/mol. The van der Waals surface area contributed by atoms with Gasteiger partial charge in [-0.1, -0.05) is 54.1 Å². The average molecular weight is 410 g/mol. The third-order valence-electron chi connectivity index (χ3n) is 4.14. The molecule has 0 unspecified atom stereocenters. The van der Waals surface area contributed by atoms with E-state index >= 15 is 0 Å². The summed E-state index contributed by atoms with van der Waals surface area (Å²) in [6.45, 7) is 2.44. The molecule has 29 heavy (non-hydrogen) atoms. The molecule has 3 aromatic carbocycles. The second-order valence-electron chi connectivity index (χ2n) is 6.17. The molecule has 3 rings (SSSR count). The lowest BCUT2D eigenvalue weighted by atomic mass is 10.0. The molecule has 6 nitrogen and oxygen atoms in total. The van der Waals surface area contributed by atoms with Crippen molar-refractivity contribution in [1.29, 1.82) is 0 Å². The fourth-order valence-electron chi connectivity index (χ4n) is 2.72. The fraction of sp³-hybridized carbons (Fsp3) is 0.136. The number of amides is 2. The van der Waals surface area contributed by atoms with Gasteiger partial charge < -0.3 is 10.1 Å². The zero-order chi connectivity index (χ0) is 20.6. The molecule has 2 amide bonds. The quantitative estimate of drug-likeness (QED) is 0.370. The predicted octanol–water partition coefficient (Wildman–Crippen LogP) is 3.66. The molecule has 3 aromatic rings. The molecule has 148 valence electrons. The van der Waals surface area contributed by atoms with E-state index in [9.17, 15) is 9.59 Å². The van der Waals surface area contributed by atoms with E-state index < -0.39 is 11.8 Å². The number of ether oxygens (including phenoxy) is 1. The summed E-state index contributed by atoms with van der Waals surface area (Å²) < 4.78 is 5.99. The minimum atomic E-state index is -0.827. The zero-order valence-electron chi connectivity index (χ0n) is 15.8. The molecule has 0 atom stereocenters. The van der Waals surface area contributed by atoms with Gasteiger partial charge in [0.25, 0.3) is 0 Å². The number of halogens is 1. The summed E-state index contributed by atoms with van der Waals surface area (Å²) in [6.07, 6.45) is 1.48. The summed E-state index contributed by atoms with van der Waals surface area (Å²) in [5, 5.41) is 8.94. The van der Waals surface area contributed by atoms with Gasteiger partial charge in [0.15, 0.2) is 0 Å². The van der Waals surface area contributed by atoms with Gasteiger partial charge in [-0.3, -0.25) is 9.59 Å². The summed E-state index contributed by atoms with van der Waals surface area (Å²) in [4.78, 5) is 23.2. The van der Waals surface area contributed by atoms with Gasteiger partial charge in [0.2, 0.25) is 0 Å². The maximum atomic E-state index is 11.7. The number of nitrogens with one attached hydrogen (secondary N) is 2. The zero-order valence-corrected chi connectivity index (χ0v) is 16.6. The van der Waals surface area contributed by atoms with Crippen molar-refractivity contribution in [2.24, 2.45) is 5.10 Å². The van der Waals surface area contributed by atoms with Crippen LogP contribution in [0.4, 0.5) is 0 Å². The Morgan fingerprint density at radius 3 is 2.55 bits per heavy atom. The lowest BCUT2D eigenvalue weighted by molar-refractivity contribution is -0.139. The van der Waals surface area contributed by atoms with Crippen molar-refractivity contribution >= 4 is 40.4 Å². The molecule has 0 aliphatic carbocycles. The number of fused-ring (bicyclic) bond motifs is 1. The standard InChI is InChI=1S/C22H20ClN3O3/c1-2-24-21(27)22(28)26-25-13-19-18-6-4-3-5-16(18)9-12-20(19)29-14-15-7-10-17(23)11-8-15/h3-13H,2,14H2,1H3,(H,24,27)(H,26,28)/b25-13-. The van der Waals surface area contributed by atoms with Gasteiger partial charge in [-0.25, -0.2) is 5.43 Å². The SMILES string of the molecule is CCNC(=O)C(=O)N/N=C\c1c(OCc2ccc(Cl)cc2)ccc2ccccc12. The summed E-state index contributed by atoms with van der Waals surface area (Å²) in [7, 11) is 0. The van der Waals surface area contributed by atoms with Gasteiger partial charge in [-0.2, -0.15) is 5.10 Å². The maximum Gasteiger partial charge on any atom is 0.329 e. The lowest BCUT2D eigenvalue weighted by Crippen LogP contribution is -2.37. The first-order valence-electron chi connectivity index (χ1n) is 9.08. The van der Waals surface area contributed by atoms with Crippen LogP contribution in [-0.2, 0) is 16.2 Å². The van der Waals surface area contributed by atoms with Crippen LogP contribution in [0.3, 0.4) is 0 Å². The molecule has 2 N–H and O–H groups in total. The van der Waals surface area contributed by atoms with Crippen LogP contribution in [0.5, 0.6) is 5.75 Å². The molecule has 0 saturated carbocycles. The molecular formula is C22H20ClN3O3. The van der Waals surface area contributed by atoms with Crippen LogP contribution >= 0.6 is 11.6 Å². The second kappa shape index (κ2) is 9.71. The highest BCUT2D eigenvalue weighted by molar-refractivity contribution is 6.35. The third-order valence-corrected chi connectivity index (χ3v) is 4.39. The van der Waals surface area contributed by atoms with Crippen LogP contribution in [0, 0.1) is 0 Å². The summed E-state index contributed by atoms with van der Waals surface area (Å²) >= 11 is 5.92. The summed E-state index contributed by atoms with van der Waals surface area (Å²) in [5.74, 6) is -0.955. The Bertz CT molecular complexity index is 1050. The number of hydrogen-bond donors (Lipinski definition) is 2. The van der Waals surface area contributed by atoms with Crippen molar-refractivity contribution in [3.05, 3.63) is 76.8 Å². The Hall–Kier alpha value is -3.38. The number of likely N-dealkylation sites (N-methyl/N-ethyl adjacent to an activating group) is 1. The topological polar surface area (TPSA) is 79.8 Å². The van der Waals surface area contributed by atoms with Crippen molar-refractivity contribution in [3.63, 3.8) is 0 Å². The molecule has 0 radical (unpaired) electrons. The molecule has 7 heteroatoms. The van der Waals surface area contributed by atoms with E-state index in [2.05, 4.69) is 15.8 Å². The number of carbonyl (C=O) groups excluding carboxylic acids is 2. The molecule has 0 aliphatic heterocycles. The Kier molecular flexibility index (Phi) is 6.81. The Morgan fingerprint density at radius 2 is 1.79 bits per heavy atom. The van der Waals surface area contributed by atoms with E-state index in [1.807, 2.05) is 48.5 Å². The number of rotatable bonds is 6. The highest BCUT2D eigenvalue weighted by Crippen LogP contribution is 2.27. The predicted molar refractivity (Wildman–Crippen MR) is 114 cm³/mol. The van der Waals surface area contributed by atoms with E-state index in [0.29, 0.717) is 29.5 Å². The second-order valence-corrected chi connectivity index (χ2v) is 6.61. The number of hydrazone groups is 1. The molecule has 0 saturated heterocycles. The normalized spacial score (nSPS) is 10.8. The number of hydrogen-bond acceptors (Lipinski definition) is 4. The number of nitrogens with zero attached hydrogens (tertiary/aromatic N) is 1. The first-order valence-corrected chi connectivity index (χ1v) is 9.46. The van der Waals surface area contributed by atoms with Gasteiger partial charge in [-0.15, -0.1) is 0 Å². The van der Waals surface area contributed by atoms with Crippen molar-refractivity contribution in [1.82, 2.24) is 10.7 Å². The van der Waals surface area contributed by atoms with E-state index in [0.717, 1.165) is 16.3 Å². The van der Waals surface area contributed by atoms with Gasteiger partial charge in [0.05, 0.1) is 6.21 Å². The first kappa shape index (κ1) is 20.4. The maximum absolute atomic E-state index is 11.7. The Balaban J connectivity index is 1.83. The number of carbonyl (C=O) groups is 2. The smallest absolute Gasteiger partial charge is 0.329 e. The first-order chi connectivity index (χ1) is 14.1. The van der Waals surface area contributed by atoms with Crippen molar-refractivity contribution in [2.45, 2.75) is 13.5 Å². The van der Waals surface area contributed by atoms with Crippen molar-refractivity contribution < 1.29 is 14.3 Å². The van der Waals surface area contributed by atoms with E-state index in [4.69, 9.17) is 16.3 Å². The van der Waals surface area contributed by atoms with Crippen molar-refractivity contribution in [3.8, 4) is 5.75 Å². The van der Waals surface area contributed by atoms with Gasteiger partial charge in [-0.05, 0) is 41.5 Å².